The maximum absolute atomic E-state index is 12.9. The molecule has 7 rings (SSSR count). The number of likely N-dealkylation sites (N-methyl/N-ethyl adjacent to an activating group) is 1. The number of ether oxygens (including phenoxy) is 4. The predicted octanol–water partition coefficient (Wildman–Crippen LogP) is -4.74. The van der Waals surface area contributed by atoms with Crippen LogP contribution in [0.1, 0.15) is 55.5 Å². The lowest BCUT2D eigenvalue weighted by Gasteiger charge is -2.47. The first-order chi connectivity index (χ1) is 37.5. The molecule has 1 aliphatic carbocycles. The van der Waals surface area contributed by atoms with Crippen molar-refractivity contribution in [3.8, 4) is 0 Å². The van der Waals surface area contributed by atoms with Crippen molar-refractivity contribution in [2.45, 2.75) is 141 Å². The number of amides is 1. The Hall–Kier alpha value is -5.08. The molecule has 19 N–H and O–H groups in total. The Bertz CT molecular complexity index is 2780. The van der Waals surface area contributed by atoms with Crippen LogP contribution in [0.5, 0.6) is 0 Å². The number of aryl methyl sites for hydroxylation is 1. The molecule has 1 amide bonds. The van der Waals surface area contributed by atoms with Gasteiger partial charge in [0.2, 0.25) is 15.0 Å². The topological polar surface area (TPSA) is 479 Å². The number of aldehydes is 1. The number of Topliss-reactive ketones (excluding diaryl/α,β-unsaturated/α-hetero) is 1. The predicted molar refractivity (Wildman–Crippen MR) is 281 cm³/mol. The summed E-state index contributed by atoms with van der Waals surface area (Å²) in [4.78, 5) is 40.9. The first-order valence-electron chi connectivity index (χ1n) is 24.8. The number of sulfonamides is 1. The van der Waals surface area contributed by atoms with E-state index in [1.54, 1.807) is 0 Å². The highest BCUT2D eigenvalue weighted by Crippen LogP contribution is 2.38. The molecule has 0 spiro atoms. The molecular formula is C47H70ClFN12O17S2. The maximum Gasteiger partial charge on any atom is 0.267 e. The van der Waals surface area contributed by atoms with E-state index >= 15 is 0 Å². The number of halogens is 2. The zero-order valence-corrected chi connectivity index (χ0v) is 46.2. The molecule has 29 nitrogen and oxygen atoms in total. The van der Waals surface area contributed by atoms with Crippen molar-refractivity contribution in [3.63, 3.8) is 0 Å². The SMILES string of the molecule is CC(=O)/N=c1\sc(S(N)(=O)=O)nn1C.CN[C@@H]1[C@H](O[C@H]2[C@H](O[C@H]3[C@H](O)[C@@H](O)[C@H](NC(=N)N)[C@@H](O)[C@@H]3NC(=N)N)O[C@@H](C)[C@]2(O)C=O)O[C@@H](CO)[C@H](O)[C@H]1O.O=C(CCCN1CCC(O)(c2ccc(Cl)cc2)CC1)c1ccc(F)cc1. The third-order valence-electron chi connectivity index (χ3n) is 13.7. The number of aliphatic hydroxyl groups is 8. The fraction of sp³-hybridized carbons (Fsp3) is 0.596. The van der Waals surface area contributed by atoms with E-state index in [9.17, 15) is 68.0 Å². The van der Waals surface area contributed by atoms with Crippen LogP contribution in [0.4, 0.5) is 4.39 Å². The molecule has 15 atom stereocenters. The van der Waals surface area contributed by atoms with Crippen LogP contribution < -0.4 is 37.4 Å². The fourth-order valence-corrected chi connectivity index (χ4v) is 11.0. The van der Waals surface area contributed by atoms with Crippen molar-refractivity contribution in [2.75, 3.05) is 33.3 Å². The fourth-order valence-electron chi connectivity index (χ4n) is 9.29. The van der Waals surface area contributed by atoms with Crippen molar-refractivity contribution < 1.29 is 87.0 Å². The van der Waals surface area contributed by atoms with Crippen LogP contribution >= 0.6 is 22.9 Å². The summed E-state index contributed by atoms with van der Waals surface area (Å²) in [5, 5.41) is 116. The van der Waals surface area contributed by atoms with E-state index in [1.165, 1.54) is 56.9 Å². The minimum atomic E-state index is -3.83. The second-order valence-corrected chi connectivity index (χ2v) is 22.5. The number of piperidine rings is 1. The molecule has 2 aromatic carbocycles. The number of carbonyl (C=O) groups excluding carboxylic acids is 3. The molecule has 80 heavy (non-hydrogen) atoms. The van der Waals surface area contributed by atoms with E-state index in [0.29, 0.717) is 29.8 Å². The molecule has 4 fully saturated rings. The molecule has 4 heterocycles. The molecule has 0 unspecified atom stereocenters. The standard InChI is InChI=1S/C21H23ClFNO2.C21H39N7O12.C5H8N4O3S2/c22-18-7-5-17(6-8-18)21(26)11-14-24(15-12-21)13-1-2-20(25)16-3-9-19(23)10-4-16;1-5-21(36,4-30)16(40-17-9(26-2)13(34)10(31)6(3-29)38-17)18(37-5)39-15-8(28-20(24)25)11(32)7(27-19(22)23)12(33)14(15)35;1-3(10)7-4-9(2)8-5(13-4)14(6,11)12/h3-10,26H,1-2,11-15H2;4-18,26,29,31-36H,3H2,1-2H3,(H4,22,23,27)(H4,24,25,28);1-2H3,(H2,6,11,12)/b;;7-4-/t;5-,6-,7+,8-,9-,10-,11+,12-,13-,14+,15+,16-,17-,18-,21+;/m.0./s1. The summed E-state index contributed by atoms with van der Waals surface area (Å²) < 4.78 is 58.5. The van der Waals surface area contributed by atoms with Gasteiger partial charge in [-0.1, -0.05) is 35.1 Å². The lowest BCUT2D eigenvalue weighted by atomic mass is 9.81. The second-order valence-electron chi connectivity index (χ2n) is 19.3. The highest BCUT2D eigenvalue weighted by molar-refractivity contribution is 7.91. The Kier molecular flexibility index (Phi) is 23.2. The lowest BCUT2D eigenvalue weighted by molar-refractivity contribution is -0.314. The van der Waals surface area contributed by atoms with Gasteiger partial charge in [0.1, 0.15) is 48.5 Å². The molecule has 446 valence electrons. The van der Waals surface area contributed by atoms with E-state index in [-0.39, 0.29) is 27.0 Å². The molecule has 4 aliphatic rings. The van der Waals surface area contributed by atoms with Gasteiger partial charge in [0, 0.05) is 44.1 Å². The van der Waals surface area contributed by atoms with E-state index in [1.807, 2.05) is 24.3 Å². The molecule has 33 heteroatoms. The average molecular weight is 1190 g/mol. The van der Waals surface area contributed by atoms with Gasteiger partial charge < -0.3 is 92.1 Å². The molecule has 3 aromatic rings. The number of rotatable bonds is 16. The minimum absolute atomic E-state index is 0.0414. The number of aromatic nitrogens is 2. The van der Waals surface area contributed by atoms with Crippen LogP contribution in [0.3, 0.4) is 0 Å². The van der Waals surface area contributed by atoms with Crippen molar-refractivity contribution in [3.05, 3.63) is 75.3 Å². The first-order valence-corrected chi connectivity index (χ1v) is 27.5. The van der Waals surface area contributed by atoms with Gasteiger partial charge in [0.15, 0.2) is 42.2 Å². The summed E-state index contributed by atoms with van der Waals surface area (Å²) in [5.74, 6) is -2.00. The third-order valence-corrected chi connectivity index (χ3v) is 16.3. The third kappa shape index (κ3) is 16.3. The summed E-state index contributed by atoms with van der Waals surface area (Å²) in [6.07, 6.45) is -14.7. The number of nitrogens with one attached hydrogen (secondary N) is 5. The highest BCUT2D eigenvalue weighted by Gasteiger charge is 2.61. The second kappa shape index (κ2) is 28.3. The highest BCUT2D eigenvalue weighted by atomic mass is 35.5. The van der Waals surface area contributed by atoms with Crippen molar-refractivity contribution in [1.29, 1.82) is 10.8 Å². The number of benzene rings is 2. The van der Waals surface area contributed by atoms with Crippen molar-refractivity contribution >= 4 is 62.9 Å². The van der Waals surface area contributed by atoms with Crippen LogP contribution in [0.2, 0.25) is 5.02 Å². The van der Waals surface area contributed by atoms with Gasteiger partial charge in [-0.15, -0.1) is 5.10 Å². The number of aliphatic hydroxyl groups excluding tert-OH is 6. The molecular weight excluding hydrogens is 1120 g/mol. The lowest BCUT2D eigenvalue weighted by Crippen LogP contribution is -2.73. The minimum Gasteiger partial charge on any atom is -0.394 e. The number of likely N-dealkylation sites (tertiary alicyclic amines) is 1. The number of nitrogens with two attached hydrogens (primary N) is 3. The Morgan fingerprint density at radius 1 is 0.925 bits per heavy atom. The largest absolute Gasteiger partial charge is 0.394 e. The smallest absolute Gasteiger partial charge is 0.267 e. The molecule has 0 bridgehead atoms. The van der Waals surface area contributed by atoms with Crippen LogP contribution in [-0.2, 0) is 51.2 Å². The maximum atomic E-state index is 12.9. The molecule has 3 saturated heterocycles. The van der Waals surface area contributed by atoms with Crippen molar-refractivity contribution in [1.82, 2.24) is 30.6 Å². The monoisotopic (exact) mass is 1190 g/mol. The zero-order chi connectivity index (χ0) is 59.6. The van der Waals surface area contributed by atoms with Crippen LogP contribution in [0.25, 0.3) is 0 Å². The number of ketones is 1. The Labute approximate surface area is 467 Å². The van der Waals surface area contributed by atoms with Crippen LogP contribution in [0.15, 0.2) is 57.9 Å². The summed E-state index contributed by atoms with van der Waals surface area (Å²) >= 11 is 6.66. The van der Waals surface area contributed by atoms with Gasteiger partial charge in [-0.3, -0.25) is 25.2 Å². The summed E-state index contributed by atoms with van der Waals surface area (Å²) in [7, 11) is -0.931. The van der Waals surface area contributed by atoms with E-state index in [2.05, 4.69) is 30.9 Å². The first kappa shape index (κ1) is 65.7. The van der Waals surface area contributed by atoms with Gasteiger partial charge >= 0.3 is 0 Å². The van der Waals surface area contributed by atoms with E-state index in [0.717, 1.165) is 43.0 Å². The van der Waals surface area contributed by atoms with Crippen LogP contribution in [-0.4, -0.2) is 218 Å². The Morgan fingerprint density at radius 2 is 1.51 bits per heavy atom. The number of hydrogen-bond donors (Lipinski definition) is 16. The number of guanidine groups is 2. The average Bonchev–Trinajstić information content (AvgIpc) is 3.96. The number of nitrogens with zero attached hydrogens (tertiary/aromatic N) is 4. The van der Waals surface area contributed by atoms with E-state index < -0.39 is 131 Å². The zero-order valence-electron chi connectivity index (χ0n) is 43.8. The van der Waals surface area contributed by atoms with Crippen molar-refractivity contribution in [2.24, 2.45) is 28.6 Å². The molecule has 1 aromatic heterocycles. The summed E-state index contributed by atoms with van der Waals surface area (Å²) in [6.45, 7) is 4.29. The Morgan fingerprint density at radius 3 is 2.04 bits per heavy atom. The molecule has 0 radical (unpaired) electrons. The number of primary sulfonamides is 1. The summed E-state index contributed by atoms with van der Waals surface area (Å²) in [5.41, 5.74) is 9.05. The summed E-state index contributed by atoms with van der Waals surface area (Å²) in [6, 6.07) is 9.13. The number of hydrogen-bond acceptors (Lipinski definition) is 23. The van der Waals surface area contributed by atoms with Gasteiger partial charge in [-0.2, -0.15) is 4.99 Å². The van der Waals surface area contributed by atoms with Gasteiger partial charge in [0.05, 0.1) is 42.5 Å². The van der Waals surface area contributed by atoms with Gasteiger partial charge in [0.25, 0.3) is 10.0 Å². The molecule has 1 saturated carbocycles. The normalized spacial score (nSPS) is 31.6. The van der Waals surface area contributed by atoms with E-state index in [4.69, 9.17) is 58.0 Å². The van der Waals surface area contributed by atoms with Crippen LogP contribution in [0, 0.1) is 16.6 Å². The number of carbonyl (C=O) groups is 3. The molecule has 3 aliphatic heterocycles. The Balaban J connectivity index is 0.000000249. The van der Waals surface area contributed by atoms with Gasteiger partial charge in [-0.05, 0) is 81.7 Å². The van der Waals surface area contributed by atoms with Gasteiger partial charge in [-0.25, -0.2) is 22.6 Å². The quantitative estimate of drug-likeness (QED) is 0.0277.